The summed E-state index contributed by atoms with van der Waals surface area (Å²) in [7, 11) is 0. The zero-order valence-corrected chi connectivity index (χ0v) is 18.0. The monoisotopic (exact) mass is 453 g/mol. The standard InChI is InChI=1S/C22H25F2NO7/c1-4-28-17-11-14(12-18(29-5-2)20(17)30-6-3)21(27)31-13-19(26)25-15-7-9-16(10-8-15)32-22(23)24/h7-12,22H,4-6,13H2,1-3H3,(H,25,26). The molecule has 0 atom stereocenters. The maximum absolute atomic E-state index is 12.5. The summed E-state index contributed by atoms with van der Waals surface area (Å²) in [6.07, 6.45) is 0. The van der Waals surface area contributed by atoms with Gasteiger partial charge in [0.1, 0.15) is 5.75 Å². The van der Waals surface area contributed by atoms with Crippen LogP contribution in [-0.4, -0.2) is 44.9 Å². The van der Waals surface area contributed by atoms with Crippen LogP contribution in [0.4, 0.5) is 14.5 Å². The molecule has 0 unspecified atom stereocenters. The molecular formula is C22H25F2NO7. The van der Waals surface area contributed by atoms with Crippen molar-refractivity contribution in [2.45, 2.75) is 27.4 Å². The van der Waals surface area contributed by atoms with E-state index in [0.29, 0.717) is 42.8 Å². The van der Waals surface area contributed by atoms with Gasteiger partial charge < -0.3 is 29.0 Å². The second kappa shape index (κ2) is 12.3. The van der Waals surface area contributed by atoms with E-state index in [4.69, 9.17) is 18.9 Å². The minimum atomic E-state index is -2.94. The van der Waals surface area contributed by atoms with Crippen molar-refractivity contribution >= 4 is 17.6 Å². The average molecular weight is 453 g/mol. The molecule has 0 spiro atoms. The molecule has 0 fully saturated rings. The predicted octanol–water partition coefficient (Wildman–Crippen LogP) is 4.28. The quantitative estimate of drug-likeness (QED) is 0.480. The van der Waals surface area contributed by atoms with Gasteiger partial charge in [-0.25, -0.2) is 4.79 Å². The number of amides is 1. The zero-order valence-electron chi connectivity index (χ0n) is 18.0. The maximum atomic E-state index is 12.5. The van der Waals surface area contributed by atoms with E-state index in [1.54, 1.807) is 13.8 Å². The lowest BCUT2D eigenvalue weighted by Gasteiger charge is -2.16. The molecule has 10 heteroatoms. The third kappa shape index (κ3) is 7.29. The van der Waals surface area contributed by atoms with Crippen molar-refractivity contribution in [3.63, 3.8) is 0 Å². The second-order valence-corrected chi connectivity index (χ2v) is 6.13. The van der Waals surface area contributed by atoms with Crippen LogP contribution in [0.5, 0.6) is 23.0 Å². The van der Waals surface area contributed by atoms with Gasteiger partial charge in [-0.05, 0) is 57.2 Å². The Morgan fingerprint density at radius 3 is 1.97 bits per heavy atom. The number of halogens is 2. The number of hydrogen-bond donors (Lipinski definition) is 1. The third-order valence-corrected chi connectivity index (χ3v) is 3.84. The van der Waals surface area contributed by atoms with E-state index in [-0.39, 0.29) is 11.3 Å². The molecule has 0 radical (unpaired) electrons. The summed E-state index contributed by atoms with van der Waals surface area (Å²) < 4.78 is 50.4. The number of nitrogens with one attached hydrogen (secondary N) is 1. The SMILES string of the molecule is CCOc1cc(C(=O)OCC(=O)Nc2ccc(OC(F)F)cc2)cc(OCC)c1OCC. The summed E-state index contributed by atoms with van der Waals surface area (Å²) in [5, 5.41) is 2.49. The summed E-state index contributed by atoms with van der Waals surface area (Å²) >= 11 is 0. The summed E-state index contributed by atoms with van der Waals surface area (Å²) in [6, 6.07) is 8.23. The van der Waals surface area contributed by atoms with Gasteiger partial charge in [-0.1, -0.05) is 0 Å². The molecule has 2 aromatic rings. The fourth-order valence-corrected chi connectivity index (χ4v) is 2.64. The van der Waals surface area contributed by atoms with E-state index < -0.39 is 25.1 Å². The Balaban J connectivity index is 2.04. The molecule has 1 amide bonds. The number of carbonyl (C=O) groups excluding carboxylic acids is 2. The van der Waals surface area contributed by atoms with Crippen molar-refractivity contribution in [1.82, 2.24) is 0 Å². The Morgan fingerprint density at radius 2 is 1.47 bits per heavy atom. The summed E-state index contributed by atoms with van der Waals surface area (Å²) in [5.41, 5.74) is 0.452. The smallest absolute Gasteiger partial charge is 0.387 e. The van der Waals surface area contributed by atoms with Gasteiger partial charge in [0, 0.05) is 5.69 Å². The predicted molar refractivity (Wildman–Crippen MR) is 112 cm³/mol. The minimum Gasteiger partial charge on any atom is -0.490 e. The first-order valence-electron chi connectivity index (χ1n) is 9.96. The fraction of sp³-hybridized carbons (Fsp3) is 0.364. The van der Waals surface area contributed by atoms with Gasteiger partial charge in [-0.3, -0.25) is 4.79 Å². The summed E-state index contributed by atoms with van der Waals surface area (Å²) in [5.74, 6) is -0.391. The third-order valence-electron chi connectivity index (χ3n) is 3.84. The molecule has 2 aromatic carbocycles. The van der Waals surface area contributed by atoms with Gasteiger partial charge >= 0.3 is 12.6 Å². The molecule has 0 bridgehead atoms. The van der Waals surface area contributed by atoms with Crippen LogP contribution in [0, 0.1) is 0 Å². The fourth-order valence-electron chi connectivity index (χ4n) is 2.64. The van der Waals surface area contributed by atoms with Crippen molar-refractivity contribution < 1.29 is 42.1 Å². The van der Waals surface area contributed by atoms with Gasteiger partial charge in [0.2, 0.25) is 5.75 Å². The van der Waals surface area contributed by atoms with Gasteiger partial charge in [-0.15, -0.1) is 0 Å². The zero-order chi connectivity index (χ0) is 23.5. The topological polar surface area (TPSA) is 92.3 Å². The molecule has 0 aromatic heterocycles. The Labute approximate surface area is 184 Å². The molecule has 174 valence electrons. The van der Waals surface area contributed by atoms with Crippen molar-refractivity contribution in [1.29, 1.82) is 0 Å². The van der Waals surface area contributed by atoms with Crippen LogP contribution in [0.15, 0.2) is 36.4 Å². The number of ether oxygens (including phenoxy) is 5. The lowest BCUT2D eigenvalue weighted by Crippen LogP contribution is -2.21. The van der Waals surface area contributed by atoms with Gasteiger partial charge in [-0.2, -0.15) is 8.78 Å². The number of rotatable bonds is 12. The van der Waals surface area contributed by atoms with E-state index >= 15 is 0 Å². The van der Waals surface area contributed by atoms with Crippen LogP contribution in [-0.2, 0) is 9.53 Å². The Bertz CT molecular complexity index is 877. The van der Waals surface area contributed by atoms with Crippen LogP contribution >= 0.6 is 0 Å². The lowest BCUT2D eigenvalue weighted by molar-refractivity contribution is -0.119. The number of alkyl halides is 2. The van der Waals surface area contributed by atoms with Crippen molar-refractivity contribution in [3.05, 3.63) is 42.0 Å². The molecule has 32 heavy (non-hydrogen) atoms. The largest absolute Gasteiger partial charge is 0.490 e. The number of hydrogen-bond acceptors (Lipinski definition) is 7. The first-order valence-corrected chi connectivity index (χ1v) is 9.96. The van der Waals surface area contributed by atoms with Crippen LogP contribution in [0.1, 0.15) is 31.1 Å². The molecule has 0 aliphatic heterocycles. The highest BCUT2D eigenvalue weighted by Crippen LogP contribution is 2.39. The molecule has 2 rings (SSSR count). The number of esters is 1. The van der Waals surface area contributed by atoms with Crippen molar-refractivity contribution in [3.8, 4) is 23.0 Å². The first-order chi connectivity index (χ1) is 15.4. The molecule has 1 N–H and O–H groups in total. The van der Waals surface area contributed by atoms with E-state index in [9.17, 15) is 18.4 Å². The molecule has 0 aliphatic carbocycles. The first kappa shape index (κ1) is 24.7. The normalized spacial score (nSPS) is 10.4. The molecular weight excluding hydrogens is 428 g/mol. The van der Waals surface area contributed by atoms with E-state index in [1.807, 2.05) is 6.92 Å². The second-order valence-electron chi connectivity index (χ2n) is 6.13. The Hall–Kier alpha value is -3.56. The van der Waals surface area contributed by atoms with Crippen LogP contribution < -0.4 is 24.3 Å². The van der Waals surface area contributed by atoms with Gasteiger partial charge in [0.05, 0.1) is 25.4 Å². The molecule has 0 saturated carbocycles. The van der Waals surface area contributed by atoms with Crippen LogP contribution in [0.2, 0.25) is 0 Å². The molecule has 0 heterocycles. The maximum Gasteiger partial charge on any atom is 0.387 e. The average Bonchev–Trinajstić information content (AvgIpc) is 2.75. The Kier molecular flexibility index (Phi) is 9.52. The highest BCUT2D eigenvalue weighted by Gasteiger charge is 2.20. The number of anilines is 1. The highest BCUT2D eigenvalue weighted by molar-refractivity contribution is 5.96. The lowest BCUT2D eigenvalue weighted by atomic mass is 10.2. The van der Waals surface area contributed by atoms with Crippen molar-refractivity contribution in [2.24, 2.45) is 0 Å². The Morgan fingerprint density at radius 1 is 0.906 bits per heavy atom. The van der Waals surface area contributed by atoms with Crippen LogP contribution in [0.3, 0.4) is 0 Å². The molecule has 8 nitrogen and oxygen atoms in total. The molecule has 0 aliphatic rings. The van der Waals surface area contributed by atoms with Crippen LogP contribution in [0.25, 0.3) is 0 Å². The number of benzene rings is 2. The summed E-state index contributed by atoms with van der Waals surface area (Å²) in [4.78, 5) is 24.6. The summed E-state index contributed by atoms with van der Waals surface area (Å²) in [6.45, 7) is 2.94. The minimum absolute atomic E-state index is 0.0462. The van der Waals surface area contributed by atoms with Gasteiger partial charge in [0.25, 0.3) is 5.91 Å². The number of carbonyl (C=O) groups is 2. The van der Waals surface area contributed by atoms with Gasteiger partial charge in [0.15, 0.2) is 18.1 Å². The van der Waals surface area contributed by atoms with Crippen molar-refractivity contribution in [2.75, 3.05) is 31.7 Å². The molecule has 0 saturated heterocycles. The van der Waals surface area contributed by atoms with E-state index in [1.165, 1.54) is 36.4 Å². The van der Waals surface area contributed by atoms with E-state index in [0.717, 1.165) is 0 Å². The van der Waals surface area contributed by atoms with E-state index in [2.05, 4.69) is 10.1 Å². The highest BCUT2D eigenvalue weighted by atomic mass is 19.3.